The number of hydrogen-bond donors (Lipinski definition) is 2. The fourth-order valence-electron chi connectivity index (χ4n) is 3.96. The minimum Gasteiger partial charge on any atom is -0.465 e. The zero-order chi connectivity index (χ0) is 20.8. The third-order valence-electron chi connectivity index (χ3n) is 5.60. The number of furan rings is 1. The Hall–Kier alpha value is -2.06. The molecule has 0 aromatic carbocycles. The number of amides is 1. The summed E-state index contributed by atoms with van der Waals surface area (Å²) in [6.45, 7) is 11.3. The number of carbonyl (C=O) groups excluding carboxylic acids is 1. The first-order valence-corrected chi connectivity index (χ1v) is 10.6. The summed E-state index contributed by atoms with van der Waals surface area (Å²) in [4.78, 5) is 20.9. The highest BCUT2D eigenvalue weighted by Gasteiger charge is 2.29. The lowest BCUT2D eigenvalue weighted by Crippen LogP contribution is -2.49. The van der Waals surface area contributed by atoms with E-state index in [9.17, 15) is 4.79 Å². The number of likely N-dealkylation sites (tertiary alicyclic amines) is 1. The molecule has 2 aliphatic heterocycles. The van der Waals surface area contributed by atoms with Gasteiger partial charge in [-0.15, -0.1) is 0 Å². The fourth-order valence-corrected chi connectivity index (χ4v) is 3.96. The Morgan fingerprint density at radius 2 is 2.03 bits per heavy atom. The van der Waals surface area contributed by atoms with Crippen molar-refractivity contribution >= 4 is 11.9 Å². The number of carbonyl (C=O) groups is 1. The second-order valence-corrected chi connectivity index (χ2v) is 8.13. The standard InChI is InChI=1S/C21H35N5O3/c1-15(2)20(27)26-8-7-17(14-26)24-21(22-4)23-13-18(19-6-5-16(3)29-19)25-9-11-28-12-10-25/h5-6,15,17-18H,7-14H2,1-4H3,(H2,22,23,24). The van der Waals surface area contributed by atoms with Crippen LogP contribution in [0.15, 0.2) is 21.5 Å². The Kier molecular flexibility index (Phi) is 7.55. The first-order valence-electron chi connectivity index (χ1n) is 10.6. The summed E-state index contributed by atoms with van der Waals surface area (Å²) in [5, 5.41) is 6.94. The molecule has 29 heavy (non-hydrogen) atoms. The lowest BCUT2D eigenvalue weighted by molar-refractivity contribution is -0.133. The number of aliphatic imine (C=N–C) groups is 1. The number of morpholine rings is 1. The summed E-state index contributed by atoms with van der Waals surface area (Å²) in [6.07, 6.45) is 0.934. The van der Waals surface area contributed by atoms with Crippen LogP contribution in [0, 0.1) is 12.8 Å². The van der Waals surface area contributed by atoms with Crippen molar-refractivity contribution in [1.82, 2.24) is 20.4 Å². The molecule has 2 N–H and O–H groups in total. The van der Waals surface area contributed by atoms with Crippen LogP contribution in [0.2, 0.25) is 0 Å². The molecule has 2 saturated heterocycles. The van der Waals surface area contributed by atoms with Gasteiger partial charge < -0.3 is 24.7 Å². The number of nitrogens with zero attached hydrogens (tertiary/aromatic N) is 3. The molecule has 8 heteroatoms. The number of hydrogen-bond acceptors (Lipinski definition) is 5. The van der Waals surface area contributed by atoms with E-state index in [0.717, 1.165) is 63.3 Å². The van der Waals surface area contributed by atoms with Gasteiger partial charge in [0.25, 0.3) is 0 Å². The van der Waals surface area contributed by atoms with Gasteiger partial charge in [-0.1, -0.05) is 13.8 Å². The largest absolute Gasteiger partial charge is 0.465 e. The SMILES string of the molecule is CN=C(NCC(c1ccc(C)o1)N1CCOCC1)NC1CCN(C(=O)C(C)C)C1. The molecular formula is C21H35N5O3. The van der Waals surface area contributed by atoms with Crippen LogP contribution in [0.5, 0.6) is 0 Å². The average molecular weight is 406 g/mol. The van der Waals surface area contributed by atoms with E-state index >= 15 is 0 Å². The smallest absolute Gasteiger partial charge is 0.225 e. The average Bonchev–Trinajstić information content (AvgIpc) is 3.36. The molecule has 8 nitrogen and oxygen atoms in total. The van der Waals surface area contributed by atoms with Crippen molar-refractivity contribution in [3.05, 3.63) is 23.7 Å². The third-order valence-corrected chi connectivity index (χ3v) is 5.60. The van der Waals surface area contributed by atoms with Gasteiger partial charge in [0.05, 0.1) is 19.3 Å². The van der Waals surface area contributed by atoms with Gasteiger partial charge in [0, 0.05) is 51.7 Å². The molecular weight excluding hydrogens is 370 g/mol. The maximum absolute atomic E-state index is 12.2. The van der Waals surface area contributed by atoms with Crippen LogP contribution in [0.1, 0.15) is 37.8 Å². The Balaban J connectivity index is 1.57. The molecule has 3 rings (SSSR count). The van der Waals surface area contributed by atoms with Crippen molar-refractivity contribution in [3.63, 3.8) is 0 Å². The summed E-state index contributed by atoms with van der Waals surface area (Å²) in [6, 6.07) is 4.40. The molecule has 2 unspecified atom stereocenters. The minimum atomic E-state index is 0.0391. The van der Waals surface area contributed by atoms with Crippen molar-refractivity contribution in [3.8, 4) is 0 Å². The summed E-state index contributed by atoms with van der Waals surface area (Å²) >= 11 is 0. The maximum Gasteiger partial charge on any atom is 0.225 e. The zero-order valence-corrected chi connectivity index (χ0v) is 18.1. The lowest BCUT2D eigenvalue weighted by Gasteiger charge is -2.33. The normalized spacial score (nSPS) is 22.2. The predicted octanol–water partition coefficient (Wildman–Crippen LogP) is 1.38. The summed E-state index contributed by atoms with van der Waals surface area (Å²) in [7, 11) is 1.78. The van der Waals surface area contributed by atoms with E-state index in [4.69, 9.17) is 9.15 Å². The van der Waals surface area contributed by atoms with Gasteiger partial charge in [0.1, 0.15) is 11.5 Å². The Labute approximate surface area is 173 Å². The van der Waals surface area contributed by atoms with Crippen LogP contribution in [0.25, 0.3) is 0 Å². The summed E-state index contributed by atoms with van der Waals surface area (Å²) in [5.41, 5.74) is 0. The quantitative estimate of drug-likeness (QED) is 0.550. The zero-order valence-electron chi connectivity index (χ0n) is 18.1. The molecule has 0 saturated carbocycles. The number of ether oxygens (including phenoxy) is 1. The van der Waals surface area contributed by atoms with Gasteiger partial charge in [0.2, 0.25) is 5.91 Å². The van der Waals surface area contributed by atoms with E-state index in [0.29, 0.717) is 6.54 Å². The highest BCUT2D eigenvalue weighted by Crippen LogP contribution is 2.23. The van der Waals surface area contributed by atoms with E-state index in [1.165, 1.54) is 0 Å². The van der Waals surface area contributed by atoms with Crippen molar-refractivity contribution in [1.29, 1.82) is 0 Å². The Bertz CT molecular complexity index is 696. The molecule has 1 amide bonds. The van der Waals surface area contributed by atoms with Crippen LogP contribution < -0.4 is 10.6 Å². The van der Waals surface area contributed by atoms with Gasteiger partial charge in [-0.2, -0.15) is 0 Å². The van der Waals surface area contributed by atoms with E-state index in [1.807, 2.05) is 31.7 Å². The lowest BCUT2D eigenvalue weighted by atomic mass is 10.1. The second-order valence-electron chi connectivity index (χ2n) is 8.13. The monoisotopic (exact) mass is 405 g/mol. The van der Waals surface area contributed by atoms with E-state index in [2.05, 4.69) is 26.6 Å². The fraction of sp³-hybridized carbons (Fsp3) is 0.714. The first kappa shape index (κ1) is 21.6. The van der Waals surface area contributed by atoms with E-state index in [1.54, 1.807) is 7.05 Å². The van der Waals surface area contributed by atoms with Crippen LogP contribution in [0.3, 0.4) is 0 Å². The van der Waals surface area contributed by atoms with Crippen molar-refractivity contribution in [2.75, 3.05) is 53.0 Å². The van der Waals surface area contributed by atoms with Gasteiger partial charge in [-0.05, 0) is 25.5 Å². The minimum absolute atomic E-state index is 0.0391. The van der Waals surface area contributed by atoms with E-state index in [-0.39, 0.29) is 23.9 Å². The van der Waals surface area contributed by atoms with E-state index < -0.39 is 0 Å². The van der Waals surface area contributed by atoms with Crippen LogP contribution in [0.4, 0.5) is 0 Å². The van der Waals surface area contributed by atoms with Crippen LogP contribution in [-0.4, -0.2) is 80.7 Å². The molecule has 1 aromatic rings. The highest BCUT2D eigenvalue weighted by molar-refractivity contribution is 5.81. The molecule has 0 aliphatic carbocycles. The molecule has 2 atom stereocenters. The van der Waals surface area contributed by atoms with Gasteiger partial charge in [0.15, 0.2) is 5.96 Å². The number of rotatable bonds is 6. The topological polar surface area (TPSA) is 82.3 Å². The highest BCUT2D eigenvalue weighted by atomic mass is 16.5. The number of nitrogens with one attached hydrogen (secondary N) is 2. The molecule has 0 radical (unpaired) electrons. The van der Waals surface area contributed by atoms with Crippen molar-refractivity contribution in [2.45, 2.75) is 39.3 Å². The molecule has 2 fully saturated rings. The van der Waals surface area contributed by atoms with Gasteiger partial charge in [-0.3, -0.25) is 14.7 Å². The molecule has 0 bridgehead atoms. The molecule has 2 aliphatic rings. The summed E-state index contributed by atoms with van der Waals surface area (Å²) < 4.78 is 11.4. The van der Waals surface area contributed by atoms with Gasteiger partial charge in [-0.25, -0.2) is 0 Å². The van der Waals surface area contributed by atoms with Crippen LogP contribution in [-0.2, 0) is 9.53 Å². The van der Waals surface area contributed by atoms with Crippen molar-refractivity contribution in [2.24, 2.45) is 10.9 Å². The first-order chi connectivity index (χ1) is 14.0. The molecule has 162 valence electrons. The summed E-state index contributed by atoms with van der Waals surface area (Å²) in [5.74, 6) is 2.90. The van der Waals surface area contributed by atoms with Crippen LogP contribution >= 0.6 is 0 Å². The predicted molar refractivity (Wildman–Crippen MR) is 113 cm³/mol. The molecule has 3 heterocycles. The number of guanidine groups is 1. The molecule has 0 spiro atoms. The maximum atomic E-state index is 12.2. The van der Waals surface area contributed by atoms with Crippen molar-refractivity contribution < 1.29 is 13.9 Å². The van der Waals surface area contributed by atoms with Gasteiger partial charge >= 0.3 is 0 Å². The Morgan fingerprint density at radius 3 is 2.66 bits per heavy atom. The Morgan fingerprint density at radius 1 is 1.28 bits per heavy atom. The number of aryl methyl sites for hydroxylation is 1. The molecule has 1 aromatic heterocycles. The second kappa shape index (κ2) is 10.1. The third kappa shape index (κ3) is 5.73.